The minimum absolute atomic E-state index is 0. The van der Waals surface area contributed by atoms with Crippen LogP contribution in [0.1, 0.15) is 49.8 Å². The van der Waals surface area contributed by atoms with E-state index < -0.39 is 20.3 Å². The summed E-state index contributed by atoms with van der Waals surface area (Å²) in [4.78, 5) is 0. The summed E-state index contributed by atoms with van der Waals surface area (Å²) in [7, 11) is 0. The van der Waals surface area contributed by atoms with Crippen molar-refractivity contribution in [1.82, 2.24) is 0 Å². The standard InChI is InChI=1S/2C10H9.C3H6.2ClH.Zr/c2*1-8-6-9-4-2-3-5-10(9)7-8;1-3-2;;;/h2*2-7H,1H3;1-3H2;2*1H;/q;;;;;+2/p-2. The number of benzene rings is 2. The molecule has 0 aromatic heterocycles. The molecule has 5 rings (SSSR count). The molecule has 0 amide bonds. The van der Waals surface area contributed by atoms with Crippen molar-refractivity contribution in [2.75, 3.05) is 0 Å². The van der Waals surface area contributed by atoms with Gasteiger partial charge in [-0.3, -0.25) is 0 Å². The van der Waals surface area contributed by atoms with E-state index in [1.54, 1.807) is 30.5 Å². The van der Waals surface area contributed by atoms with Crippen LogP contribution in [0.3, 0.4) is 0 Å². The van der Waals surface area contributed by atoms with Crippen molar-refractivity contribution in [2.24, 2.45) is 0 Å². The van der Waals surface area contributed by atoms with Crippen molar-refractivity contribution in [3.05, 3.63) is 81.9 Å². The summed E-state index contributed by atoms with van der Waals surface area (Å²) in [5, 5.41) is 0. The van der Waals surface area contributed by atoms with Crippen LogP contribution in [0.15, 0.2) is 59.7 Å². The SMILES string of the molecule is CC1=Cc2ccccc2[CH]1[Zr+2]1([CH]2C(C)=Cc3ccccc32)[CH2]C[CH2]1.[Cl-].[Cl-]. The Balaban J connectivity index is 0.000000980. The van der Waals surface area contributed by atoms with Crippen LogP contribution in [-0.4, -0.2) is 0 Å². The average molecular weight is 463 g/mol. The molecule has 2 atom stereocenters. The summed E-state index contributed by atoms with van der Waals surface area (Å²) in [6.07, 6.45) is 6.43. The van der Waals surface area contributed by atoms with E-state index in [0.717, 1.165) is 7.25 Å². The molecule has 0 spiro atoms. The van der Waals surface area contributed by atoms with Gasteiger partial charge in [-0.1, -0.05) is 0 Å². The van der Waals surface area contributed by atoms with Gasteiger partial charge in [0.05, 0.1) is 0 Å². The van der Waals surface area contributed by atoms with Gasteiger partial charge in [0.25, 0.3) is 0 Å². The van der Waals surface area contributed by atoms with Crippen LogP contribution in [0.4, 0.5) is 0 Å². The molecule has 2 aliphatic carbocycles. The Morgan fingerprint density at radius 3 is 1.50 bits per heavy atom. The van der Waals surface area contributed by atoms with E-state index >= 15 is 0 Å². The molecule has 2 unspecified atom stereocenters. The number of allylic oxidation sites excluding steroid dienone is 2. The molecule has 2 aromatic carbocycles. The monoisotopic (exact) mass is 460 g/mol. The maximum Gasteiger partial charge on any atom is -1.00 e. The van der Waals surface area contributed by atoms with E-state index in [0.29, 0.717) is 0 Å². The van der Waals surface area contributed by atoms with E-state index in [1.807, 2.05) is 0 Å². The van der Waals surface area contributed by atoms with Gasteiger partial charge >= 0.3 is 150 Å². The quantitative estimate of drug-likeness (QED) is 0.617. The summed E-state index contributed by atoms with van der Waals surface area (Å²) >= 11 is -2.37. The summed E-state index contributed by atoms with van der Waals surface area (Å²) in [5.74, 6) is 0. The largest absolute Gasteiger partial charge is 1.00 e. The summed E-state index contributed by atoms with van der Waals surface area (Å²) in [6.45, 7) is 4.81. The molecule has 2 aromatic rings. The predicted molar refractivity (Wildman–Crippen MR) is 99.9 cm³/mol. The molecule has 1 aliphatic heterocycles. The molecule has 3 aliphatic rings. The van der Waals surface area contributed by atoms with Crippen molar-refractivity contribution in [3.63, 3.8) is 0 Å². The van der Waals surface area contributed by atoms with Crippen molar-refractivity contribution in [1.29, 1.82) is 0 Å². The molecular formula is C23H24Cl2Zr. The Labute approximate surface area is 174 Å². The molecule has 0 radical (unpaired) electrons. The van der Waals surface area contributed by atoms with Gasteiger partial charge in [0.2, 0.25) is 0 Å². The molecule has 134 valence electrons. The van der Waals surface area contributed by atoms with Crippen LogP contribution >= 0.6 is 0 Å². The fraction of sp³-hybridized carbons (Fsp3) is 0.304. The van der Waals surface area contributed by atoms with Gasteiger partial charge in [0, 0.05) is 0 Å². The second-order valence-electron chi connectivity index (χ2n) is 7.99. The van der Waals surface area contributed by atoms with E-state index in [2.05, 4.69) is 74.5 Å². The Hall–Kier alpha value is -0.617. The predicted octanol–water partition coefficient (Wildman–Crippen LogP) is 0.705. The fourth-order valence-electron chi connectivity index (χ4n) is 5.81. The van der Waals surface area contributed by atoms with E-state index in [-0.39, 0.29) is 24.8 Å². The van der Waals surface area contributed by atoms with Crippen LogP contribution in [0.25, 0.3) is 12.2 Å². The Morgan fingerprint density at radius 1 is 0.692 bits per heavy atom. The first-order valence-electron chi connectivity index (χ1n) is 9.25. The number of hydrogen-bond acceptors (Lipinski definition) is 0. The van der Waals surface area contributed by atoms with Gasteiger partial charge in [-0.2, -0.15) is 0 Å². The first-order valence-corrected chi connectivity index (χ1v) is 15.6. The van der Waals surface area contributed by atoms with E-state index in [9.17, 15) is 0 Å². The third kappa shape index (κ3) is 2.74. The van der Waals surface area contributed by atoms with Crippen LogP contribution in [0.2, 0.25) is 8.26 Å². The zero-order valence-corrected chi connectivity index (χ0v) is 19.3. The smallest absolute Gasteiger partial charge is 1.00 e. The Bertz CT molecular complexity index is 823. The molecular weight excluding hydrogens is 438 g/mol. The van der Waals surface area contributed by atoms with E-state index in [4.69, 9.17) is 0 Å². The van der Waals surface area contributed by atoms with E-state index in [1.165, 1.54) is 17.5 Å². The molecule has 0 bridgehead atoms. The van der Waals surface area contributed by atoms with Crippen LogP contribution < -0.4 is 24.8 Å². The number of halogens is 2. The minimum atomic E-state index is -2.37. The summed E-state index contributed by atoms with van der Waals surface area (Å²) in [5.41, 5.74) is 9.62. The molecule has 26 heavy (non-hydrogen) atoms. The van der Waals surface area contributed by atoms with Gasteiger partial charge in [-0.15, -0.1) is 0 Å². The van der Waals surface area contributed by atoms with Gasteiger partial charge in [0.15, 0.2) is 0 Å². The first kappa shape index (κ1) is 20.1. The third-order valence-electron chi connectivity index (χ3n) is 6.73. The maximum atomic E-state index is 2.48. The van der Waals surface area contributed by atoms with Crippen molar-refractivity contribution in [3.8, 4) is 0 Å². The molecule has 1 fully saturated rings. The Kier molecular flexibility index (Phi) is 5.75. The first-order chi connectivity index (χ1) is 11.7. The minimum Gasteiger partial charge on any atom is -1.00 e. The van der Waals surface area contributed by atoms with Crippen LogP contribution in [0.5, 0.6) is 0 Å². The van der Waals surface area contributed by atoms with Gasteiger partial charge in [0.1, 0.15) is 0 Å². The van der Waals surface area contributed by atoms with Gasteiger partial charge in [-0.25, -0.2) is 0 Å². The maximum absolute atomic E-state index is 2.48. The molecule has 0 N–H and O–H groups in total. The van der Waals surface area contributed by atoms with Crippen molar-refractivity contribution >= 4 is 12.2 Å². The molecule has 0 nitrogen and oxygen atoms in total. The Morgan fingerprint density at radius 2 is 1.12 bits per heavy atom. The second-order valence-corrected chi connectivity index (χ2v) is 19.3. The number of fused-ring (bicyclic) bond motifs is 2. The number of rotatable bonds is 2. The van der Waals surface area contributed by atoms with Crippen molar-refractivity contribution in [2.45, 2.75) is 35.8 Å². The number of hydrogen-bond donors (Lipinski definition) is 0. The second kappa shape index (κ2) is 7.42. The molecule has 1 saturated heterocycles. The topological polar surface area (TPSA) is 0 Å². The molecule has 0 saturated carbocycles. The van der Waals surface area contributed by atoms with Gasteiger partial charge < -0.3 is 24.8 Å². The summed E-state index contributed by atoms with van der Waals surface area (Å²) in [6, 6.07) is 18.4. The zero-order valence-electron chi connectivity index (χ0n) is 15.3. The molecule has 1 heterocycles. The van der Waals surface area contributed by atoms with Crippen LogP contribution in [0, 0.1) is 0 Å². The average Bonchev–Trinajstić information content (AvgIpc) is 3.05. The molecule has 3 heteroatoms. The zero-order chi connectivity index (χ0) is 16.3. The normalized spacial score (nSPS) is 23.0. The van der Waals surface area contributed by atoms with Crippen molar-refractivity contribution < 1.29 is 45.1 Å². The third-order valence-corrected chi connectivity index (χ3v) is 22.5. The summed E-state index contributed by atoms with van der Waals surface area (Å²) < 4.78 is 4.71. The fourth-order valence-corrected chi connectivity index (χ4v) is 21.6. The van der Waals surface area contributed by atoms with Gasteiger partial charge in [-0.05, 0) is 0 Å². The van der Waals surface area contributed by atoms with Crippen LogP contribution in [-0.2, 0) is 20.3 Å².